The van der Waals surface area contributed by atoms with Crippen LogP contribution in [0.15, 0.2) is 81.1 Å². The second kappa shape index (κ2) is 8.54. The number of benzene rings is 3. The summed E-state index contributed by atoms with van der Waals surface area (Å²) < 4.78 is 56.7. The van der Waals surface area contributed by atoms with Crippen molar-refractivity contribution in [1.82, 2.24) is 9.66 Å². The fourth-order valence-electron chi connectivity index (χ4n) is 2.95. The Kier molecular flexibility index (Phi) is 5.79. The normalized spacial score (nSPS) is 11.9. The molecule has 4 rings (SSSR count). The van der Waals surface area contributed by atoms with E-state index in [0.717, 1.165) is 16.8 Å². The van der Waals surface area contributed by atoms with E-state index in [1.165, 1.54) is 42.6 Å². The number of ether oxygens (including phenoxy) is 1. The van der Waals surface area contributed by atoms with Crippen LogP contribution in [0.2, 0.25) is 0 Å². The number of alkyl halides is 3. The molecule has 10 heteroatoms. The summed E-state index contributed by atoms with van der Waals surface area (Å²) in [6.07, 6.45) is -3.55. The lowest BCUT2D eigenvalue weighted by Gasteiger charge is -2.12. The van der Waals surface area contributed by atoms with Gasteiger partial charge in [-0.2, -0.15) is 9.78 Å². The number of fused-ring (bicyclic) bond motifs is 1. The molecule has 1 heterocycles. The van der Waals surface area contributed by atoms with Crippen molar-refractivity contribution in [3.63, 3.8) is 0 Å². The van der Waals surface area contributed by atoms with Crippen molar-refractivity contribution >= 4 is 33.0 Å². The van der Waals surface area contributed by atoms with Crippen molar-refractivity contribution in [1.29, 1.82) is 0 Å². The number of hydrogen-bond acceptors (Lipinski definition) is 4. The number of halogens is 5. The monoisotopic (exact) mass is 505 g/mol. The third kappa shape index (κ3) is 4.86. The molecule has 4 aromatic rings. The first-order chi connectivity index (χ1) is 15.2. The first kappa shape index (κ1) is 21.7. The van der Waals surface area contributed by atoms with Gasteiger partial charge in [0.15, 0.2) is 5.82 Å². The lowest BCUT2D eigenvalue weighted by atomic mass is 10.2. The van der Waals surface area contributed by atoms with E-state index in [1.807, 2.05) is 0 Å². The first-order valence-corrected chi connectivity index (χ1v) is 9.87. The lowest BCUT2D eigenvalue weighted by molar-refractivity contribution is -0.274. The zero-order chi connectivity index (χ0) is 22.9. The Balaban J connectivity index is 1.90. The van der Waals surface area contributed by atoms with Crippen LogP contribution in [0.25, 0.3) is 22.3 Å². The minimum atomic E-state index is -4.87. The summed E-state index contributed by atoms with van der Waals surface area (Å²) >= 11 is 3.30. The van der Waals surface area contributed by atoms with Gasteiger partial charge < -0.3 is 4.74 Å². The average Bonchev–Trinajstić information content (AvgIpc) is 2.73. The van der Waals surface area contributed by atoms with Gasteiger partial charge in [0.05, 0.1) is 17.1 Å². The van der Waals surface area contributed by atoms with Crippen LogP contribution in [0.5, 0.6) is 5.75 Å². The third-order valence-electron chi connectivity index (χ3n) is 4.33. The third-order valence-corrected chi connectivity index (χ3v) is 4.82. The molecular weight excluding hydrogens is 494 g/mol. The zero-order valence-electron chi connectivity index (χ0n) is 16.0. The van der Waals surface area contributed by atoms with E-state index in [9.17, 15) is 22.4 Å². The van der Waals surface area contributed by atoms with Gasteiger partial charge in [-0.15, -0.1) is 13.2 Å². The number of hydrogen-bond donors (Lipinski definition) is 0. The Labute approximate surface area is 186 Å². The number of rotatable bonds is 4. The molecular formula is C22H12BrF4N3O2. The average molecular weight is 506 g/mol. The fourth-order valence-corrected chi connectivity index (χ4v) is 3.31. The standard InChI is InChI=1S/C22H12BrF4N3O2/c23-15-6-9-19-18(11-15)21(31)30(28-12-13-4-7-16(24)8-5-13)20(29-19)14-2-1-3-17(10-14)32-22(25,26)27/h1-12H. The Morgan fingerprint density at radius 3 is 2.50 bits per heavy atom. The molecule has 0 spiro atoms. The molecule has 5 nitrogen and oxygen atoms in total. The van der Waals surface area contributed by atoms with Crippen LogP contribution in [0.1, 0.15) is 5.56 Å². The van der Waals surface area contributed by atoms with E-state index < -0.39 is 23.5 Å². The molecule has 32 heavy (non-hydrogen) atoms. The largest absolute Gasteiger partial charge is 0.573 e. The molecule has 0 radical (unpaired) electrons. The van der Waals surface area contributed by atoms with Gasteiger partial charge in [0, 0.05) is 10.0 Å². The van der Waals surface area contributed by atoms with E-state index in [-0.39, 0.29) is 16.8 Å². The van der Waals surface area contributed by atoms with Gasteiger partial charge in [0.2, 0.25) is 0 Å². The molecule has 0 aliphatic rings. The van der Waals surface area contributed by atoms with Gasteiger partial charge >= 0.3 is 6.36 Å². The van der Waals surface area contributed by atoms with Crippen LogP contribution in [0, 0.1) is 5.82 Å². The highest BCUT2D eigenvalue weighted by Crippen LogP contribution is 2.28. The molecule has 0 amide bonds. The molecule has 0 fully saturated rings. The molecule has 1 aromatic heterocycles. The van der Waals surface area contributed by atoms with E-state index in [0.29, 0.717) is 15.6 Å². The Morgan fingerprint density at radius 1 is 1.03 bits per heavy atom. The Bertz CT molecular complexity index is 1380. The topological polar surface area (TPSA) is 56.5 Å². The van der Waals surface area contributed by atoms with Crippen molar-refractivity contribution < 1.29 is 22.3 Å². The van der Waals surface area contributed by atoms with Gasteiger partial charge in [0.25, 0.3) is 5.56 Å². The minimum absolute atomic E-state index is 0.0100. The van der Waals surface area contributed by atoms with Crippen molar-refractivity contribution in [3.8, 4) is 17.1 Å². The molecule has 0 aliphatic carbocycles. The number of aromatic nitrogens is 2. The van der Waals surface area contributed by atoms with Gasteiger partial charge in [-0.1, -0.05) is 40.2 Å². The van der Waals surface area contributed by atoms with Crippen molar-refractivity contribution in [2.45, 2.75) is 6.36 Å². The van der Waals surface area contributed by atoms with E-state index in [1.54, 1.807) is 18.2 Å². The quantitative estimate of drug-likeness (QED) is 0.262. The summed E-state index contributed by atoms with van der Waals surface area (Å²) in [5.74, 6) is -0.885. The van der Waals surface area contributed by atoms with Crippen LogP contribution in [0.4, 0.5) is 17.6 Å². The maximum Gasteiger partial charge on any atom is 0.573 e. The van der Waals surface area contributed by atoms with E-state index in [2.05, 4.69) is 30.8 Å². The molecule has 0 unspecified atom stereocenters. The van der Waals surface area contributed by atoms with E-state index in [4.69, 9.17) is 0 Å². The maximum absolute atomic E-state index is 13.2. The van der Waals surface area contributed by atoms with Crippen LogP contribution in [-0.2, 0) is 0 Å². The summed E-state index contributed by atoms with van der Waals surface area (Å²) in [4.78, 5) is 17.6. The van der Waals surface area contributed by atoms with Gasteiger partial charge in [-0.3, -0.25) is 4.79 Å². The predicted molar refractivity (Wildman–Crippen MR) is 115 cm³/mol. The lowest BCUT2D eigenvalue weighted by Crippen LogP contribution is -2.20. The Hall–Kier alpha value is -3.53. The smallest absolute Gasteiger partial charge is 0.406 e. The first-order valence-electron chi connectivity index (χ1n) is 9.08. The van der Waals surface area contributed by atoms with Gasteiger partial charge in [-0.25, -0.2) is 9.37 Å². The summed E-state index contributed by atoms with van der Waals surface area (Å²) in [5, 5.41) is 4.43. The summed E-state index contributed by atoms with van der Waals surface area (Å²) in [5.41, 5.74) is 0.494. The molecule has 3 aromatic carbocycles. The predicted octanol–water partition coefficient (Wildman–Crippen LogP) is 5.75. The molecule has 0 aliphatic heterocycles. The molecule has 0 saturated heterocycles. The van der Waals surface area contributed by atoms with Crippen molar-refractivity contribution in [2.24, 2.45) is 5.10 Å². The second-order valence-electron chi connectivity index (χ2n) is 6.59. The molecule has 0 atom stereocenters. The number of nitrogens with zero attached hydrogens (tertiary/aromatic N) is 3. The van der Waals surface area contributed by atoms with Crippen molar-refractivity contribution in [3.05, 3.63) is 92.9 Å². The van der Waals surface area contributed by atoms with Crippen LogP contribution < -0.4 is 10.3 Å². The summed E-state index contributed by atoms with van der Waals surface area (Å²) in [6, 6.07) is 15.4. The SMILES string of the molecule is O=c1c2cc(Br)ccc2nc(-c2cccc(OC(F)(F)F)c2)n1N=Cc1ccc(F)cc1. The van der Waals surface area contributed by atoms with Crippen molar-refractivity contribution in [2.75, 3.05) is 0 Å². The van der Waals surface area contributed by atoms with Crippen LogP contribution in [-0.4, -0.2) is 22.2 Å². The van der Waals surface area contributed by atoms with E-state index >= 15 is 0 Å². The summed E-state index contributed by atoms with van der Waals surface area (Å²) in [7, 11) is 0. The van der Waals surface area contributed by atoms with Gasteiger partial charge in [0.1, 0.15) is 11.6 Å². The highest BCUT2D eigenvalue weighted by molar-refractivity contribution is 9.10. The fraction of sp³-hybridized carbons (Fsp3) is 0.0455. The van der Waals surface area contributed by atoms with Crippen LogP contribution >= 0.6 is 15.9 Å². The second-order valence-corrected chi connectivity index (χ2v) is 7.50. The zero-order valence-corrected chi connectivity index (χ0v) is 17.6. The summed E-state index contributed by atoms with van der Waals surface area (Å²) in [6.45, 7) is 0. The molecule has 162 valence electrons. The minimum Gasteiger partial charge on any atom is -0.406 e. The molecule has 0 N–H and O–H groups in total. The highest BCUT2D eigenvalue weighted by Gasteiger charge is 2.31. The Morgan fingerprint density at radius 2 is 1.78 bits per heavy atom. The maximum atomic E-state index is 13.2. The van der Waals surface area contributed by atoms with Crippen LogP contribution in [0.3, 0.4) is 0 Å². The molecule has 0 saturated carbocycles. The highest BCUT2D eigenvalue weighted by atomic mass is 79.9. The molecule has 0 bridgehead atoms. The van der Waals surface area contributed by atoms with Gasteiger partial charge in [-0.05, 0) is 48.0 Å².